The van der Waals surface area contributed by atoms with Gasteiger partial charge < -0.3 is 9.84 Å². The van der Waals surface area contributed by atoms with Crippen molar-refractivity contribution in [2.75, 3.05) is 6.61 Å². The highest BCUT2D eigenvalue weighted by atomic mass is 32.1. The van der Waals surface area contributed by atoms with E-state index in [0.717, 1.165) is 29.1 Å². The van der Waals surface area contributed by atoms with Crippen molar-refractivity contribution in [1.29, 1.82) is 0 Å². The zero-order chi connectivity index (χ0) is 25.2. The summed E-state index contributed by atoms with van der Waals surface area (Å²) in [5, 5.41) is 12.8. The van der Waals surface area contributed by atoms with E-state index in [1.807, 2.05) is 25.3 Å². The summed E-state index contributed by atoms with van der Waals surface area (Å²) in [5.41, 5.74) is 1.89. The third-order valence-corrected chi connectivity index (χ3v) is 8.32. The molecule has 0 saturated carbocycles. The maximum Gasteiger partial charge on any atom is 0.303 e. The highest BCUT2D eigenvalue weighted by molar-refractivity contribution is 7.09. The van der Waals surface area contributed by atoms with Gasteiger partial charge in [0.1, 0.15) is 6.10 Å². The van der Waals surface area contributed by atoms with Crippen LogP contribution in [0.1, 0.15) is 91.8 Å². The minimum atomic E-state index is -0.258. The average Bonchev–Trinajstić information content (AvgIpc) is 3.17. The molecule has 0 saturated heterocycles. The van der Waals surface area contributed by atoms with Crippen molar-refractivity contribution in [3.05, 3.63) is 33.8 Å². The van der Waals surface area contributed by atoms with E-state index < -0.39 is 0 Å². The predicted molar refractivity (Wildman–Crippen MR) is 141 cm³/mol. The second-order valence-electron chi connectivity index (χ2n) is 10.5. The van der Waals surface area contributed by atoms with Gasteiger partial charge in [-0.3, -0.25) is 4.79 Å². The molecule has 0 aliphatic heterocycles. The number of carbonyl (C=O) groups is 1. The van der Waals surface area contributed by atoms with E-state index in [0.29, 0.717) is 30.1 Å². The number of allylic oxidation sites excluding steroid dienone is 1. The van der Waals surface area contributed by atoms with Crippen molar-refractivity contribution in [3.63, 3.8) is 0 Å². The SMILES string of the molecule is CC(=O)OC(C/C=C/CCCC(C)C(C)C(C)C(C)C(C)(C)CO)/C(C)=C/c1csc(C)n1. The number of thiazole rings is 1. The summed E-state index contributed by atoms with van der Waals surface area (Å²) in [5.74, 6) is 2.04. The van der Waals surface area contributed by atoms with Crippen LogP contribution in [-0.4, -0.2) is 28.8 Å². The molecule has 5 unspecified atom stereocenters. The summed E-state index contributed by atoms with van der Waals surface area (Å²) in [6.45, 7) is 19.3. The number of carbonyl (C=O) groups excluding carboxylic acids is 1. The Morgan fingerprint density at radius 3 is 2.39 bits per heavy atom. The molecule has 188 valence electrons. The molecule has 0 aromatic carbocycles. The Labute approximate surface area is 206 Å². The number of esters is 1. The lowest BCUT2D eigenvalue weighted by Crippen LogP contribution is -2.34. The molecule has 1 rings (SSSR count). The number of ether oxygens (including phenoxy) is 1. The first-order chi connectivity index (χ1) is 15.4. The molecule has 33 heavy (non-hydrogen) atoms. The van der Waals surface area contributed by atoms with E-state index in [1.165, 1.54) is 13.3 Å². The number of aromatic nitrogens is 1. The lowest BCUT2D eigenvalue weighted by molar-refractivity contribution is -0.144. The van der Waals surface area contributed by atoms with E-state index in [9.17, 15) is 9.90 Å². The third-order valence-electron chi connectivity index (χ3n) is 7.53. The number of aryl methyl sites for hydroxylation is 1. The van der Waals surface area contributed by atoms with Crippen LogP contribution in [0.4, 0.5) is 0 Å². The first kappa shape index (κ1) is 29.6. The monoisotopic (exact) mass is 477 g/mol. The summed E-state index contributed by atoms with van der Waals surface area (Å²) in [6.07, 6.45) is 10.2. The largest absolute Gasteiger partial charge is 0.458 e. The summed E-state index contributed by atoms with van der Waals surface area (Å²) < 4.78 is 5.55. The maximum atomic E-state index is 11.6. The van der Waals surface area contributed by atoms with Gasteiger partial charge in [0.15, 0.2) is 0 Å². The molecule has 0 spiro atoms. The van der Waals surface area contributed by atoms with Crippen molar-refractivity contribution < 1.29 is 14.6 Å². The zero-order valence-corrected chi connectivity index (χ0v) is 23.2. The van der Waals surface area contributed by atoms with Gasteiger partial charge >= 0.3 is 5.97 Å². The van der Waals surface area contributed by atoms with Gasteiger partial charge in [-0.1, -0.05) is 60.1 Å². The van der Waals surface area contributed by atoms with Crippen LogP contribution in [0.3, 0.4) is 0 Å². The fourth-order valence-electron chi connectivity index (χ4n) is 4.29. The number of aliphatic hydroxyl groups excluding tert-OH is 1. The van der Waals surface area contributed by atoms with Crippen LogP contribution in [-0.2, 0) is 9.53 Å². The van der Waals surface area contributed by atoms with Crippen LogP contribution < -0.4 is 0 Å². The van der Waals surface area contributed by atoms with Crippen molar-refractivity contribution >= 4 is 23.4 Å². The average molecular weight is 478 g/mol. The predicted octanol–water partition coefficient (Wildman–Crippen LogP) is 7.47. The molecule has 5 heteroatoms. The van der Waals surface area contributed by atoms with Gasteiger partial charge in [-0.2, -0.15) is 0 Å². The molecule has 0 aliphatic rings. The van der Waals surface area contributed by atoms with Crippen LogP contribution in [0, 0.1) is 36.0 Å². The first-order valence-corrected chi connectivity index (χ1v) is 13.3. The van der Waals surface area contributed by atoms with E-state index in [4.69, 9.17) is 4.74 Å². The molecule has 5 atom stereocenters. The Hall–Kier alpha value is -1.46. The summed E-state index contributed by atoms with van der Waals surface area (Å²) in [7, 11) is 0. The highest BCUT2D eigenvalue weighted by Crippen LogP contribution is 2.38. The van der Waals surface area contributed by atoms with Crippen LogP contribution >= 0.6 is 11.3 Å². The number of hydrogen-bond donors (Lipinski definition) is 1. The van der Waals surface area contributed by atoms with Crippen molar-refractivity contribution in [2.24, 2.45) is 29.1 Å². The fraction of sp³-hybridized carbons (Fsp3) is 0.714. The van der Waals surface area contributed by atoms with E-state index in [-0.39, 0.29) is 24.1 Å². The minimum Gasteiger partial charge on any atom is -0.458 e. The van der Waals surface area contributed by atoms with Crippen LogP contribution in [0.5, 0.6) is 0 Å². The zero-order valence-electron chi connectivity index (χ0n) is 22.4. The molecular formula is C28H47NO3S. The smallest absolute Gasteiger partial charge is 0.303 e. The second-order valence-corrected chi connectivity index (χ2v) is 11.6. The number of aliphatic hydroxyl groups is 1. The van der Waals surface area contributed by atoms with Gasteiger partial charge in [0.2, 0.25) is 0 Å². The Bertz CT molecular complexity index is 780. The quantitative estimate of drug-likeness (QED) is 0.171. The van der Waals surface area contributed by atoms with Crippen molar-refractivity contribution in [2.45, 2.75) is 94.1 Å². The molecule has 1 aromatic heterocycles. The molecule has 0 radical (unpaired) electrons. The van der Waals surface area contributed by atoms with E-state index in [1.54, 1.807) is 11.3 Å². The maximum absolute atomic E-state index is 11.6. The van der Waals surface area contributed by atoms with Gasteiger partial charge in [-0.25, -0.2) is 4.98 Å². The Morgan fingerprint density at radius 1 is 1.18 bits per heavy atom. The van der Waals surface area contributed by atoms with Gasteiger partial charge in [0, 0.05) is 25.3 Å². The molecule has 0 amide bonds. The topological polar surface area (TPSA) is 59.4 Å². The summed E-state index contributed by atoms with van der Waals surface area (Å²) in [6, 6.07) is 0. The van der Waals surface area contributed by atoms with E-state index in [2.05, 4.69) is 58.7 Å². The summed E-state index contributed by atoms with van der Waals surface area (Å²) in [4.78, 5) is 16.0. The van der Waals surface area contributed by atoms with Gasteiger partial charge in [-0.15, -0.1) is 11.3 Å². The minimum absolute atomic E-state index is 0.0421. The number of unbranched alkanes of at least 4 members (excludes halogenated alkanes) is 1. The van der Waals surface area contributed by atoms with Crippen molar-refractivity contribution in [3.8, 4) is 0 Å². The number of nitrogens with zero attached hydrogens (tertiary/aromatic N) is 1. The molecular weight excluding hydrogens is 430 g/mol. The van der Waals surface area contributed by atoms with E-state index >= 15 is 0 Å². The second kappa shape index (κ2) is 14.1. The normalized spacial score (nSPS) is 17.6. The van der Waals surface area contributed by atoms with Gasteiger partial charge in [0.05, 0.1) is 10.7 Å². The van der Waals surface area contributed by atoms with Gasteiger partial charge in [-0.05, 0) is 67.4 Å². The molecule has 0 aliphatic carbocycles. The lowest BCUT2D eigenvalue weighted by atomic mass is 9.67. The standard InChI is InChI=1S/C28H47NO3S/c1-19(21(3)22(4)23(5)28(8,9)18-30)14-12-10-11-13-15-27(32-25(7)31)20(2)16-26-17-33-24(6)29-26/h11,13,16-17,19,21-23,27,30H,10,12,14-15,18H2,1-9H3/b13-11+,20-16+. The lowest BCUT2D eigenvalue weighted by Gasteiger charge is -2.39. The highest BCUT2D eigenvalue weighted by Gasteiger charge is 2.33. The van der Waals surface area contributed by atoms with Crippen LogP contribution in [0.2, 0.25) is 0 Å². The van der Waals surface area contributed by atoms with Crippen LogP contribution in [0.15, 0.2) is 23.1 Å². The Morgan fingerprint density at radius 2 is 1.85 bits per heavy atom. The first-order valence-electron chi connectivity index (χ1n) is 12.4. The molecule has 1 N–H and O–H groups in total. The molecule has 0 bridgehead atoms. The molecule has 0 fully saturated rings. The number of hydrogen-bond acceptors (Lipinski definition) is 5. The van der Waals surface area contributed by atoms with Gasteiger partial charge in [0.25, 0.3) is 0 Å². The number of rotatable bonds is 14. The fourth-order valence-corrected chi connectivity index (χ4v) is 4.86. The van der Waals surface area contributed by atoms with Crippen molar-refractivity contribution in [1.82, 2.24) is 4.98 Å². The Kier molecular flexibility index (Phi) is 12.6. The molecule has 1 heterocycles. The van der Waals surface area contributed by atoms with Crippen LogP contribution in [0.25, 0.3) is 6.08 Å². The third kappa shape index (κ3) is 10.1. The Balaban J connectivity index is 2.53. The molecule has 1 aromatic rings. The summed E-state index contributed by atoms with van der Waals surface area (Å²) >= 11 is 1.62. The molecule has 4 nitrogen and oxygen atoms in total.